The highest BCUT2D eigenvalue weighted by molar-refractivity contribution is 6.31. The molecule has 7 nitrogen and oxygen atoms in total. The predicted octanol–water partition coefficient (Wildman–Crippen LogP) is 3.10. The number of likely N-dealkylation sites (tertiary alicyclic amines) is 1. The fourth-order valence-corrected chi connectivity index (χ4v) is 4.57. The predicted molar refractivity (Wildman–Crippen MR) is 109 cm³/mol. The molecule has 2 aromatic heterocycles. The topological polar surface area (TPSA) is 70.8 Å². The van der Waals surface area contributed by atoms with Crippen LogP contribution in [0.1, 0.15) is 31.1 Å². The Bertz CT molecular complexity index is 1100. The van der Waals surface area contributed by atoms with Gasteiger partial charge in [0, 0.05) is 36.4 Å². The van der Waals surface area contributed by atoms with Crippen LogP contribution in [0.25, 0.3) is 5.65 Å². The van der Waals surface area contributed by atoms with E-state index in [0.29, 0.717) is 18.1 Å². The average Bonchev–Trinajstić information content (AvgIpc) is 3.45. The molecule has 2 aliphatic heterocycles. The second kappa shape index (κ2) is 7.15. The quantitative estimate of drug-likeness (QED) is 0.666. The third-order valence-corrected chi connectivity index (χ3v) is 6.00. The van der Waals surface area contributed by atoms with Crippen molar-refractivity contribution in [1.29, 1.82) is 0 Å². The van der Waals surface area contributed by atoms with E-state index in [1.165, 1.54) is 0 Å². The van der Waals surface area contributed by atoms with Crippen LogP contribution in [0.4, 0.5) is 5.69 Å². The Labute approximate surface area is 172 Å². The average molecular weight is 410 g/mol. The molecule has 4 heterocycles. The van der Waals surface area contributed by atoms with Gasteiger partial charge in [-0.05, 0) is 43.2 Å². The van der Waals surface area contributed by atoms with Gasteiger partial charge in [-0.15, -0.1) is 10.2 Å². The van der Waals surface area contributed by atoms with E-state index in [1.807, 2.05) is 45.8 Å². The second-order valence-corrected chi connectivity index (χ2v) is 8.00. The molecule has 3 aromatic rings. The Morgan fingerprint density at radius 2 is 2.03 bits per heavy atom. The maximum absolute atomic E-state index is 13.3. The maximum atomic E-state index is 13.3. The van der Waals surface area contributed by atoms with E-state index in [1.54, 1.807) is 17.0 Å². The zero-order valence-electron chi connectivity index (χ0n) is 15.7. The molecule has 0 aliphatic carbocycles. The van der Waals surface area contributed by atoms with Gasteiger partial charge in [0.25, 0.3) is 0 Å². The van der Waals surface area contributed by atoms with Gasteiger partial charge in [0.15, 0.2) is 11.5 Å². The summed E-state index contributed by atoms with van der Waals surface area (Å²) in [6.07, 6.45) is 3.90. The van der Waals surface area contributed by atoms with Crippen molar-refractivity contribution < 1.29 is 9.59 Å². The summed E-state index contributed by atoms with van der Waals surface area (Å²) in [4.78, 5) is 29.5. The molecule has 1 aromatic carbocycles. The van der Waals surface area contributed by atoms with Gasteiger partial charge in [0.1, 0.15) is 0 Å². The number of rotatable bonds is 3. The van der Waals surface area contributed by atoms with E-state index >= 15 is 0 Å². The van der Waals surface area contributed by atoms with E-state index in [0.717, 1.165) is 30.0 Å². The number of hydrogen-bond acceptors (Lipinski definition) is 4. The highest BCUT2D eigenvalue weighted by atomic mass is 35.5. The molecule has 2 amide bonds. The zero-order chi connectivity index (χ0) is 20.0. The Balaban J connectivity index is 1.38. The standard InChI is InChI=1S/C21H20ClN5O2/c22-15-5-3-6-16(12-15)27-13-14(11-19(27)28)21(29)25-10-4-7-17(25)20-24-23-18-8-1-2-9-26(18)20/h1-3,5-6,8-9,12,14,17H,4,7,10-11,13H2. The highest BCUT2D eigenvalue weighted by Crippen LogP contribution is 2.35. The number of aromatic nitrogens is 3. The minimum absolute atomic E-state index is 0.0121. The number of benzene rings is 1. The minimum atomic E-state index is -0.360. The molecular formula is C21H20ClN5O2. The summed E-state index contributed by atoms with van der Waals surface area (Å²) in [5, 5.41) is 9.15. The summed E-state index contributed by atoms with van der Waals surface area (Å²) in [7, 11) is 0. The number of hydrogen-bond donors (Lipinski definition) is 0. The van der Waals surface area contributed by atoms with Crippen molar-refractivity contribution in [3.05, 3.63) is 59.5 Å². The van der Waals surface area contributed by atoms with Crippen LogP contribution < -0.4 is 4.90 Å². The van der Waals surface area contributed by atoms with Crippen LogP contribution >= 0.6 is 11.6 Å². The zero-order valence-corrected chi connectivity index (χ0v) is 16.5. The van der Waals surface area contributed by atoms with Gasteiger partial charge in [-0.25, -0.2) is 0 Å². The van der Waals surface area contributed by atoms with Crippen LogP contribution in [-0.2, 0) is 9.59 Å². The molecule has 2 unspecified atom stereocenters. The summed E-state index contributed by atoms with van der Waals surface area (Å²) in [5.41, 5.74) is 1.50. The van der Waals surface area contributed by atoms with E-state index < -0.39 is 0 Å². The maximum Gasteiger partial charge on any atom is 0.228 e. The molecule has 0 radical (unpaired) electrons. The fourth-order valence-electron chi connectivity index (χ4n) is 4.39. The Hall–Kier alpha value is -2.93. The van der Waals surface area contributed by atoms with E-state index in [4.69, 9.17) is 11.6 Å². The molecule has 29 heavy (non-hydrogen) atoms. The Kier molecular flexibility index (Phi) is 4.47. The molecule has 5 rings (SSSR count). The molecule has 0 saturated carbocycles. The van der Waals surface area contributed by atoms with Crippen LogP contribution in [0.2, 0.25) is 5.02 Å². The number of anilines is 1. The van der Waals surface area contributed by atoms with Crippen molar-refractivity contribution in [1.82, 2.24) is 19.5 Å². The number of pyridine rings is 1. The highest BCUT2D eigenvalue weighted by Gasteiger charge is 2.41. The molecule has 2 aliphatic rings. The lowest BCUT2D eigenvalue weighted by Gasteiger charge is -2.26. The fraction of sp³-hybridized carbons (Fsp3) is 0.333. The summed E-state index contributed by atoms with van der Waals surface area (Å²) in [6.45, 7) is 1.05. The smallest absolute Gasteiger partial charge is 0.228 e. The third-order valence-electron chi connectivity index (χ3n) is 5.77. The lowest BCUT2D eigenvalue weighted by Crippen LogP contribution is -2.37. The first-order valence-electron chi connectivity index (χ1n) is 9.78. The number of nitrogens with zero attached hydrogens (tertiary/aromatic N) is 5. The molecule has 2 saturated heterocycles. The third kappa shape index (κ3) is 3.15. The van der Waals surface area contributed by atoms with Crippen LogP contribution in [0, 0.1) is 5.92 Å². The van der Waals surface area contributed by atoms with Gasteiger partial charge in [0.2, 0.25) is 11.8 Å². The van der Waals surface area contributed by atoms with E-state index in [9.17, 15) is 9.59 Å². The van der Waals surface area contributed by atoms with Gasteiger partial charge in [-0.3, -0.25) is 14.0 Å². The first-order valence-corrected chi connectivity index (χ1v) is 10.2. The number of carbonyl (C=O) groups excluding carboxylic acids is 2. The first kappa shape index (κ1) is 18.1. The van der Waals surface area contributed by atoms with Crippen LogP contribution in [-0.4, -0.2) is 44.4 Å². The lowest BCUT2D eigenvalue weighted by molar-refractivity contribution is -0.136. The van der Waals surface area contributed by atoms with E-state index in [2.05, 4.69) is 10.2 Å². The molecule has 2 atom stereocenters. The SMILES string of the molecule is O=C1CC(C(=O)N2CCCC2c2nnc3ccccn23)CN1c1cccc(Cl)c1. The van der Waals surface area contributed by atoms with Crippen molar-refractivity contribution in [3.8, 4) is 0 Å². The molecule has 2 fully saturated rings. The van der Waals surface area contributed by atoms with Crippen molar-refractivity contribution >= 4 is 34.7 Å². The van der Waals surface area contributed by atoms with Crippen LogP contribution in [0.5, 0.6) is 0 Å². The molecular weight excluding hydrogens is 390 g/mol. The van der Waals surface area contributed by atoms with Crippen LogP contribution in [0.3, 0.4) is 0 Å². The molecule has 0 N–H and O–H groups in total. The second-order valence-electron chi connectivity index (χ2n) is 7.56. The Morgan fingerprint density at radius 1 is 1.14 bits per heavy atom. The van der Waals surface area contributed by atoms with Crippen molar-refractivity contribution in [2.24, 2.45) is 5.92 Å². The van der Waals surface area contributed by atoms with Gasteiger partial charge >= 0.3 is 0 Å². The van der Waals surface area contributed by atoms with Crippen molar-refractivity contribution in [3.63, 3.8) is 0 Å². The van der Waals surface area contributed by atoms with Gasteiger partial charge in [-0.1, -0.05) is 23.7 Å². The number of amides is 2. The lowest BCUT2D eigenvalue weighted by atomic mass is 10.1. The molecule has 0 spiro atoms. The van der Waals surface area contributed by atoms with Gasteiger partial charge in [0.05, 0.1) is 12.0 Å². The van der Waals surface area contributed by atoms with Crippen LogP contribution in [0.15, 0.2) is 48.7 Å². The van der Waals surface area contributed by atoms with Crippen molar-refractivity contribution in [2.75, 3.05) is 18.0 Å². The van der Waals surface area contributed by atoms with Gasteiger partial charge < -0.3 is 9.80 Å². The number of carbonyl (C=O) groups is 2. The molecule has 148 valence electrons. The first-order chi connectivity index (χ1) is 14.1. The Morgan fingerprint density at radius 3 is 2.90 bits per heavy atom. The summed E-state index contributed by atoms with van der Waals surface area (Å²) in [6, 6.07) is 12.8. The number of halogens is 1. The van der Waals surface area contributed by atoms with Gasteiger partial charge in [-0.2, -0.15) is 0 Å². The monoisotopic (exact) mass is 409 g/mol. The van der Waals surface area contributed by atoms with E-state index in [-0.39, 0.29) is 30.2 Å². The molecule has 8 heteroatoms. The summed E-state index contributed by atoms with van der Waals surface area (Å²) in [5.74, 6) is 0.385. The summed E-state index contributed by atoms with van der Waals surface area (Å²) >= 11 is 6.07. The molecule has 0 bridgehead atoms. The normalized spacial score (nSPS) is 22.0. The minimum Gasteiger partial charge on any atom is -0.332 e. The largest absolute Gasteiger partial charge is 0.332 e. The summed E-state index contributed by atoms with van der Waals surface area (Å²) < 4.78 is 1.94. The van der Waals surface area contributed by atoms with Crippen molar-refractivity contribution in [2.45, 2.75) is 25.3 Å². The number of fused-ring (bicyclic) bond motifs is 1.